The largest absolute Gasteiger partial charge is 0.308 e. The highest BCUT2D eigenvalue weighted by Crippen LogP contribution is 2.32. The van der Waals surface area contributed by atoms with E-state index >= 15 is 0 Å². The first-order chi connectivity index (χ1) is 9.81. The average Bonchev–Trinajstić information content (AvgIpc) is 2.49. The molecule has 1 N–H and O–H groups in total. The van der Waals surface area contributed by atoms with Crippen LogP contribution in [0.4, 0.5) is 0 Å². The van der Waals surface area contributed by atoms with Gasteiger partial charge in [0, 0.05) is 37.4 Å². The molecule has 0 amide bonds. The summed E-state index contributed by atoms with van der Waals surface area (Å²) in [6.45, 7) is 5.64. The Morgan fingerprint density at radius 3 is 2.85 bits per heavy atom. The van der Waals surface area contributed by atoms with Crippen LogP contribution in [0.2, 0.25) is 0 Å². The average molecular weight is 273 g/mol. The molecule has 1 spiro atoms. The number of hydrogen-bond donors (Lipinski definition) is 1. The van der Waals surface area contributed by atoms with Gasteiger partial charge >= 0.3 is 0 Å². The second-order valence-electron chi connectivity index (χ2n) is 6.51. The molecule has 2 fully saturated rings. The van der Waals surface area contributed by atoms with Gasteiger partial charge in [-0.15, -0.1) is 0 Å². The summed E-state index contributed by atoms with van der Waals surface area (Å²) < 4.78 is 0. The van der Waals surface area contributed by atoms with E-state index in [-0.39, 0.29) is 0 Å². The Hall–Kier alpha value is -0.930. The monoisotopic (exact) mass is 273 g/mol. The van der Waals surface area contributed by atoms with Gasteiger partial charge in [0.05, 0.1) is 5.69 Å². The van der Waals surface area contributed by atoms with Gasteiger partial charge in [-0.05, 0) is 31.4 Å². The zero-order valence-corrected chi connectivity index (χ0v) is 12.6. The third kappa shape index (κ3) is 3.04. The van der Waals surface area contributed by atoms with Crippen LogP contribution in [0, 0.1) is 0 Å². The van der Waals surface area contributed by atoms with E-state index in [9.17, 15) is 0 Å². The molecule has 20 heavy (non-hydrogen) atoms. The highest BCUT2D eigenvalue weighted by Gasteiger charge is 2.39. The van der Waals surface area contributed by atoms with E-state index in [4.69, 9.17) is 0 Å². The SMILES string of the molecule is CCC1CNC2(CCCCC2)CN1Cc1ccccn1. The standard InChI is InChI=1S/C17H27N3/c1-2-16-12-19-17(9-5-3-6-10-17)14-20(16)13-15-8-4-7-11-18-15/h4,7-8,11,16,19H,2-3,5-6,9-10,12-14H2,1H3. The Morgan fingerprint density at radius 2 is 2.15 bits per heavy atom. The molecule has 1 aliphatic carbocycles. The molecule has 0 bridgehead atoms. The molecule has 1 unspecified atom stereocenters. The van der Waals surface area contributed by atoms with Crippen molar-refractivity contribution >= 4 is 0 Å². The Labute approximate surface area is 122 Å². The smallest absolute Gasteiger partial charge is 0.0544 e. The molecule has 1 saturated heterocycles. The number of pyridine rings is 1. The van der Waals surface area contributed by atoms with Crippen molar-refractivity contribution in [1.29, 1.82) is 0 Å². The minimum Gasteiger partial charge on any atom is -0.308 e. The second-order valence-corrected chi connectivity index (χ2v) is 6.51. The van der Waals surface area contributed by atoms with E-state index in [0.29, 0.717) is 11.6 Å². The summed E-state index contributed by atoms with van der Waals surface area (Å²) in [7, 11) is 0. The van der Waals surface area contributed by atoms with Gasteiger partial charge in [-0.3, -0.25) is 9.88 Å². The zero-order chi connectivity index (χ0) is 13.8. The fourth-order valence-corrected chi connectivity index (χ4v) is 3.89. The summed E-state index contributed by atoms with van der Waals surface area (Å²) in [5.74, 6) is 0. The maximum atomic E-state index is 4.51. The molecule has 0 radical (unpaired) electrons. The number of hydrogen-bond acceptors (Lipinski definition) is 3. The fourth-order valence-electron chi connectivity index (χ4n) is 3.89. The van der Waals surface area contributed by atoms with Crippen molar-refractivity contribution in [3.63, 3.8) is 0 Å². The minimum absolute atomic E-state index is 0.388. The maximum absolute atomic E-state index is 4.51. The van der Waals surface area contributed by atoms with E-state index in [0.717, 1.165) is 13.1 Å². The van der Waals surface area contributed by atoms with E-state index in [1.807, 2.05) is 12.3 Å². The molecule has 1 aromatic rings. The van der Waals surface area contributed by atoms with Crippen LogP contribution in [0.1, 0.15) is 51.1 Å². The molecule has 1 aromatic heterocycles. The molecule has 110 valence electrons. The predicted octanol–water partition coefficient (Wildman–Crippen LogP) is 2.97. The summed E-state index contributed by atoms with van der Waals surface area (Å²) in [6.07, 6.45) is 10.0. The molecule has 2 aliphatic rings. The van der Waals surface area contributed by atoms with E-state index in [1.165, 1.54) is 50.8 Å². The van der Waals surface area contributed by atoms with Crippen LogP contribution in [-0.4, -0.2) is 34.6 Å². The summed E-state index contributed by atoms with van der Waals surface area (Å²) in [5.41, 5.74) is 1.59. The minimum atomic E-state index is 0.388. The third-order valence-corrected chi connectivity index (χ3v) is 5.11. The van der Waals surface area contributed by atoms with Crippen LogP contribution in [0.5, 0.6) is 0 Å². The number of aromatic nitrogens is 1. The van der Waals surface area contributed by atoms with Gasteiger partial charge in [0.15, 0.2) is 0 Å². The van der Waals surface area contributed by atoms with E-state index in [2.05, 4.69) is 34.3 Å². The fraction of sp³-hybridized carbons (Fsp3) is 0.706. The Balaban J connectivity index is 1.71. The summed E-state index contributed by atoms with van der Waals surface area (Å²) in [6, 6.07) is 6.91. The van der Waals surface area contributed by atoms with E-state index in [1.54, 1.807) is 0 Å². The number of rotatable bonds is 3. The van der Waals surface area contributed by atoms with Crippen molar-refractivity contribution in [2.75, 3.05) is 13.1 Å². The van der Waals surface area contributed by atoms with Crippen molar-refractivity contribution in [3.05, 3.63) is 30.1 Å². The topological polar surface area (TPSA) is 28.2 Å². The highest BCUT2D eigenvalue weighted by molar-refractivity contribution is 5.06. The van der Waals surface area contributed by atoms with Crippen molar-refractivity contribution < 1.29 is 0 Å². The summed E-state index contributed by atoms with van der Waals surface area (Å²) in [5, 5.41) is 3.89. The van der Waals surface area contributed by atoms with Crippen molar-refractivity contribution in [2.45, 2.75) is 63.6 Å². The predicted molar refractivity (Wildman–Crippen MR) is 82.5 cm³/mol. The Morgan fingerprint density at radius 1 is 1.30 bits per heavy atom. The third-order valence-electron chi connectivity index (χ3n) is 5.11. The molecule has 1 saturated carbocycles. The van der Waals surface area contributed by atoms with Gasteiger partial charge in [-0.25, -0.2) is 0 Å². The van der Waals surface area contributed by atoms with Crippen LogP contribution >= 0.6 is 0 Å². The molecule has 3 heteroatoms. The van der Waals surface area contributed by atoms with Crippen molar-refractivity contribution in [3.8, 4) is 0 Å². The first kappa shape index (κ1) is 14.0. The number of piperazine rings is 1. The zero-order valence-electron chi connectivity index (χ0n) is 12.6. The molecule has 1 aliphatic heterocycles. The number of nitrogens with one attached hydrogen (secondary N) is 1. The summed E-state index contributed by atoms with van der Waals surface area (Å²) >= 11 is 0. The lowest BCUT2D eigenvalue weighted by atomic mass is 9.79. The Bertz CT molecular complexity index is 412. The van der Waals surface area contributed by atoms with Gasteiger partial charge < -0.3 is 5.32 Å². The summed E-state index contributed by atoms with van der Waals surface area (Å²) in [4.78, 5) is 7.18. The first-order valence-corrected chi connectivity index (χ1v) is 8.20. The highest BCUT2D eigenvalue weighted by atomic mass is 15.3. The lowest BCUT2D eigenvalue weighted by Gasteiger charge is -2.49. The van der Waals surface area contributed by atoms with Crippen LogP contribution in [0.25, 0.3) is 0 Å². The van der Waals surface area contributed by atoms with Crippen LogP contribution in [-0.2, 0) is 6.54 Å². The lowest BCUT2D eigenvalue weighted by Crippen LogP contribution is -2.64. The first-order valence-electron chi connectivity index (χ1n) is 8.20. The Kier molecular flexibility index (Phi) is 4.37. The van der Waals surface area contributed by atoms with Gasteiger partial charge in [0.2, 0.25) is 0 Å². The van der Waals surface area contributed by atoms with Gasteiger partial charge in [-0.1, -0.05) is 32.3 Å². The second kappa shape index (κ2) is 6.23. The molecule has 2 heterocycles. The maximum Gasteiger partial charge on any atom is 0.0544 e. The molecular weight excluding hydrogens is 246 g/mol. The van der Waals surface area contributed by atoms with Gasteiger partial charge in [0.25, 0.3) is 0 Å². The van der Waals surface area contributed by atoms with Crippen LogP contribution in [0.3, 0.4) is 0 Å². The molecule has 3 rings (SSSR count). The lowest BCUT2D eigenvalue weighted by molar-refractivity contribution is 0.0476. The van der Waals surface area contributed by atoms with Crippen LogP contribution < -0.4 is 5.32 Å². The van der Waals surface area contributed by atoms with Gasteiger partial charge in [0.1, 0.15) is 0 Å². The van der Waals surface area contributed by atoms with Crippen molar-refractivity contribution in [1.82, 2.24) is 15.2 Å². The molecule has 1 atom stereocenters. The molecule has 3 nitrogen and oxygen atoms in total. The quantitative estimate of drug-likeness (QED) is 0.917. The van der Waals surface area contributed by atoms with Crippen molar-refractivity contribution in [2.24, 2.45) is 0 Å². The molecule has 0 aromatic carbocycles. The van der Waals surface area contributed by atoms with Gasteiger partial charge in [-0.2, -0.15) is 0 Å². The number of nitrogens with zero attached hydrogens (tertiary/aromatic N) is 2. The van der Waals surface area contributed by atoms with E-state index < -0.39 is 0 Å². The molecular formula is C17H27N3. The van der Waals surface area contributed by atoms with Crippen LogP contribution in [0.15, 0.2) is 24.4 Å². The normalized spacial score (nSPS) is 26.8.